The Kier molecular flexibility index (Phi) is 6.64. The summed E-state index contributed by atoms with van der Waals surface area (Å²) < 4.78 is 18.9. The summed E-state index contributed by atoms with van der Waals surface area (Å²) in [5.41, 5.74) is 5.40. The Morgan fingerprint density at radius 2 is 1.84 bits per heavy atom. The predicted octanol–water partition coefficient (Wildman–Crippen LogP) is 4.16. The van der Waals surface area contributed by atoms with E-state index < -0.39 is 5.91 Å². The van der Waals surface area contributed by atoms with Crippen molar-refractivity contribution in [2.24, 2.45) is 0 Å². The Balaban J connectivity index is 1.57. The highest BCUT2D eigenvalue weighted by molar-refractivity contribution is 7.12. The van der Waals surface area contributed by atoms with E-state index in [1.807, 2.05) is 6.92 Å². The number of hydrogen-bond acceptors (Lipinski definition) is 5. The largest absolute Gasteiger partial charge is 0.376 e. The fraction of sp³-hybridized carbons (Fsp3) is 0.250. The van der Waals surface area contributed by atoms with Crippen LogP contribution in [-0.2, 0) is 24.2 Å². The molecule has 8 heteroatoms. The summed E-state index contributed by atoms with van der Waals surface area (Å²) in [6, 6.07) is 12.7. The maximum atomic E-state index is 13.3. The maximum Gasteiger partial charge on any atom is 0.274 e. The van der Waals surface area contributed by atoms with Crippen LogP contribution in [0.5, 0.6) is 0 Å². The van der Waals surface area contributed by atoms with Gasteiger partial charge in [-0.3, -0.25) is 14.8 Å². The fourth-order valence-electron chi connectivity index (χ4n) is 3.80. The Morgan fingerprint density at radius 3 is 2.53 bits per heavy atom. The number of benzene rings is 2. The van der Waals surface area contributed by atoms with Crippen LogP contribution in [0.2, 0.25) is 0 Å². The van der Waals surface area contributed by atoms with Gasteiger partial charge in [-0.25, -0.2) is 9.87 Å². The number of carbonyl (C=O) groups is 2. The molecule has 0 aliphatic carbocycles. The molecule has 2 amide bonds. The highest BCUT2D eigenvalue weighted by Crippen LogP contribution is 2.34. The molecule has 0 bridgehead atoms. The summed E-state index contributed by atoms with van der Waals surface area (Å²) >= 11 is 1.57. The minimum absolute atomic E-state index is 0.161. The molecule has 1 aliphatic heterocycles. The molecule has 1 aliphatic rings. The van der Waals surface area contributed by atoms with Crippen LogP contribution in [0.3, 0.4) is 0 Å². The van der Waals surface area contributed by atoms with Crippen LogP contribution in [-0.4, -0.2) is 23.6 Å². The van der Waals surface area contributed by atoms with E-state index in [-0.39, 0.29) is 17.8 Å². The van der Waals surface area contributed by atoms with Crippen molar-refractivity contribution in [1.82, 2.24) is 10.8 Å². The van der Waals surface area contributed by atoms with Crippen LogP contribution in [0.15, 0.2) is 48.5 Å². The molecule has 2 heterocycles. The number of hydrogen-bond donors (Lipinski definition) is 3. The molecule has 3 aromatic rings. The Labute approximate surface area is 189 Å². The molecule has 2 aromatic carbocycles. The molecule has 0 fully saturated rings. The molecule has 0 spiro atoms. The molecule has 0 saturated carbocycles. The van der Waals surface area contributed by atoms with E-state index >= 15 is 0 Å². The van der Waals surface area contributed by atoms with Gasteiger partial charge in [-0.1, -0.05) is 24.3 Å². The summed E-state index contributed by atoms with van der Waals surface area (Å²) in [6.07, 6.45) is 1.22. The van der Waals surface area contributed by atoms with Gasteiger partial charge < -0.3 is 10.1 Å². The zero-order chi connectivity index (χ0) is 22.7. The van der Waals surface area contributed by atoms with Crippen molar-refractivity contribution >= 4 is 23.2 Å². The van der Waals surface area contributed by atoms with Gasteiger partial charge in [-0.2, -0.15) is 0 Å². The topological polar surface area (TPSA) is 87.7 Å². The molecular formula is C24H23FN2O4S. The number of amides is 2. The molecule has 32 heavy (non-hydrogen) atoms. The Bertz CT molecular complexity index is 1130. The first-order valence-electron chi connectivity index (χ1n) is 10.3. The lowest BCUT2D eigenvalue weighted by atomic mass is 9.99. The first-order valence-corrected chi connectivity index (χ1v) is 11.1. The average molecular weight is 455 g/mol. The van der Waals surface area contributed by atoms with Crippen LogP contribution in [0.25, 0.3) is 0 Å². The number of ether oxygens (including phenoxy) is 1. The molecular weight excluding hydrogens is 431 g/mol. The standard InChI is InChI=1S/C24H23FN2O4S/c1-14(16-4-6-17(7-5-16)23(28)27-30)26-24(29)22-19-10-11-31-13-21(19)32-20(22)12-15-2-8-18(25)9-3-15/h2-9,14,30H,10-13H2,1H3,(H,26,29)(H,27,28)/t14-/m0/s1. The van der Waals surface area contributed by atoms with E-state index in [9.17, 15) is 14.0 Å². The van der Waals surface area contributed by atoms with Gasteiger partial charge in [0.25, 0.3) is 11.8 Å². The van der Waals surface area contributed by atoms with Gasteiger partial charge in [0, 0.05) is 21.7 Å². The van der Waals surface area contributed by atoms with Crippen molar-refractivity contribution < 1.29 is 23.9 Å². The first kappa shape index (κ1) is 22.1. The second-order valence-corrected chi connectivity index (χ2v) is 8.86. The van der Waals surface area contributed by atoms with Crippen LogP contribution in [0.1, 0.15) is 60.1 Å². The van der Waals surface area contributed by atoms with Crippen LogP contribution in [0.4, 0.5) is 4.39 Å². The van der Waals surface area contributed by atoms with Gasteiger partial charge in [0.15, 0.2) is 0 Å². The van der Waals surface area contributed by atoms with Crippen molar-refractivity contribution in [3.05, 3.63) is 91.9 Å². The first-order chi connectivity index (χ1) is 15.5. The summed E-state index contributed by atoms with van der Waals surface area (Å²) in [6.45, 7) is 2.94. The predicted molar refractivity (Wildman–Crippen MR) is 118 cm³/mol. The Hall–Kier alpha value is -3.07. The number of carbonyl (C=O) groups excluding carboxylic acids is 2. The summed E-state index contributed by atoms with van der Waals surface area (Å²) in [4.78, 5) is 26.9. The molecule has 0 saturated heterocycles. The highest BCUT2D eigenvalue weighted by Gasteiger charge is 2.26. The van der Waals surface area contributed by atoms with Crippen molar-refractivity contribution in [2.75, 3.05) is 6.61 Å². The minimum atomic E-state index is -0.592. The lowest BCUT2D eigenvalue weighted by molar-refractivity contribution is 0.0706. The third kappa shape index (κ3) is 4.72. The molecule has 6 nitrogen and oxygen atoms in total. The van der Waals surface area contributed by atoms with E-state index in [1.165, 1.54) is 12.1 Å². The third-order valence-corrected chi connectivity index (χ3v) is 6.73. The summed E-state index contributed by atoms with van der Waals surface area (Å²) in [5, 5.41) is 11.8. The summed E-state index contributed by atoms with van der Waals surface area (Å²) in [7, 11) is 0. The molecule has 166 valence electrons. The Morgan fingerprint density at radius 1 is 1.12 bits per heavy atom. The zero-order valence-electron chi connectivity index (χ0n) is 17.5. The number of thiophene rings is 1. The van der Waals surface area contributed by atoms with E-state index in [4.69, 9.17) is 9.94 Å². The maximum absolute atomic E-state index is 13.3. The molecule has 3 N–H and O–H groups in total. The van der Waals surface area contributed by atoms with E-state index in [1.54, 1.807) is 53.2 Å². The highest BCUT2D eigenvalue weighted by atomic mass is 32.1. The van der Waals surface area contributed by atoms with Crippen LogP contribution >= 0.6 is 11.3 Å². The van der Waals surface area contributed by atoms with E-state index in [0.717, 1.165) is 26.4 Å². The SMILES string of the molecule is C[C@H](NC(=O)c1c(Cc2ccc(F)cc2)sc2c1CCOC2)c1ccc(C(=O)NO)cc1. The van der Waals surface area contributed by atoms with Crippen molar-refractivity contribution in [1.29, 1.82) is 0 Å². The smallest absolute Gasteiger partial charge is 0.274 e. The van der Waals surface area contributed by atoms with Crippen LogP contribution in [0, 0.1) is 5.82 Å². The van der Waals surface area contributed by atoms with Crippen molar-refractivity contribution in [3.63, 3.8) is 0 Å². The molecule has 0 radical (unpaired) electrons. The lowest BCUT2D eigenvalue weighted by Crippen LogP contribution is -2.28. The van der Waals surface area contributed by atoms with Gasteiger partial charge >= 0.3 is 0 Å². The molecule has 0 unspecified atom stereocenters. The average Bonchev–Trinajstić information content (AvgIpc) is 3.18. The molecule has 1 atom stereocenters. The number of halogens is 1. The number of fused-ring (bicyclic) bond motifs is 1. The lowest BCUT2D eigenvalue weighted by Gasteiger charge is -2.18. The molecule has 1 aromatic heterocycles. The third-order valence-electron chi connectivity index (χ3n) is 5.52. The van der Waals surface area contributed by atoms with Gasteiger partial charge in [0.05, 0.1) is 24.8 Å². The normalized spacial score (nSPS) is 13.8. The number of nitrogens with one attached hydrogen (secondary N) is 2. The summed E-state index contributed by atoms with van der Waals surface area (Å²) in [5.74, 6) is -1.04. The van der Waals surface area contributed by atoms with Gasteiger partial charge in [-0.05, 0) is 54.3 Å². The van der Waals surface area contributed by atoms with E-state index in [0.29, 0.717) is 37.2 Å². The fourth-order valence-corrected chi connectivity index (χ4v) is 5.13. The monoisotopic (exact) mass is 454 g/mol. The van der Waals surface area contributed by atoms with E-state index in [2.05, 4.69) is 5.32 Å². The van der Waals surface area contributed by atoms with Gasteiger partial charge in [-0.15, -0.1) is 11.3 Å². The van der Waals surface area contributed by atoms with Crippen LogP contribution < -0.4 is 10.8 Å². The molecule has 4 rings (SSSR count). The second kappa shape index (κ2) is 9.60. The zero-order valence-corrected chi connectivity index (χ0v) is 18.3. The minimum Gasteiger partial charge on any atom is -0.376 e. The second-order valence-electron chi connectivity index (χ2n) is 7.67. The van der Waals surface area contributed by atoms with Gasteiger partial charge in [0.1, 0.15) is 5.82 Å². The number of hydroxylamine groups is 1. The number of rotatable bonds is 6. The quantitative estimate of drug-likeness (QED) is 0.386. The van der Waals surface area contributed by atoms with Gasteiger partial charge in [0.2, 0.25) is 0 Å². The van der Waals surface area contributed by atoms with Crippen molar-refractivity contribution in [2.45, 2.75) is 32.4 Å². The van der Waals surface area contributed by atoms with Crippen molar-refractivity contribution in [3.8, 4) is 0 Å².